The second kappa shape index (κ2) is 8.08. The molecule has 5 N–H and O–H groups in total. The van der Waals surface area contributed by atoms with E-state index >= 15 is 0 Å². The summed E-state index contributed by atoms with van der Waals surface area (Å²) in [4.78, 5) is 12.6. The largest absolute Gasteiger partial charge is 0.507 e. The van der Waals surface area contributed by atoms with E-state index in [1.54, 1.807) is 0 Å². The lowest BCUT2D eigenvalue weighted by atomic mass is 10.1. The van der Waals surface area contributed by atoms with Gasteiger partial charge in [0.25, 0.3) is 0 Å². The van der Waals surface area contributed by atoms with Crippen molar-refractivity contribution < 1.29 is 44.2 Å². The van der Waals surface area contributed by atoms with Crippen molar-refractivity contribution in [1.82, 2.24) is 0 Å². The Labute approximate surface area is 175 Å². The number of aliphatic hydroxyl groups is 3. The van der Waals surface area contributed by atoms with E-state index in [2.05, 4.69) is 0 Å². The molecule has 0 spiro atoms. The predicted octanol–water partition coefficient (Wildman–Crippen LogP) is 0.698. The van der Waals surface area contributed by atoms with Crippen LogP contribution in [0.25, 0.3) is 22.3 Å². The maximum Gasteiger partial charge on any atom is 0.228 e. The van der Waals surface area contributed by atoms with Crippen molar-refractivity contribution in [2.45, 2.75) is 24.6 Å². The molecule has 2 heterocycles. The van der Waals surface area contributed by atoms with Gasteiger partial charge in [-0.1, -0.05) is 0 Å². The Kier molecular flexibility index (Phi) is 5.46. The highest BCUT2D eigenvalue weighted by Gasteiger charge is 2.39. The molecule has 4 atom stereocenters. The molecule has 10 nitrogen and oxygen atoms in total. The van der Waals surface area contributed by atoms with Crippen molar-refractivity contribution >= 4 is 11.0 Å². The van der Waals surface area contributed by atoms with Gasteiger partial charge in [-0.15, -0.1) is 0 Å². The van der Waals surface area contributed by atoms with Crippen molar-refractivity contribution in [2.75, 3.05) is 13.7 Å². The minimum absolute atomic E-state index is 0.00114. The third kappa shape index (κ3) is 3.89. The van der Waals surface area contributed by atoms with E-state index in [0.717, 1.165) is 6.07 Å². The van der Waals surface area contributed by atoms with Gasteiger partial charge >= 0.3 is 0 Å². The molecule has 3 aromatic rings. The van der Waals surface area contributed by atoms with E-state index in [9.17, 15) is 30.3 Å². The lowest BCUT2D eigenvalue weighted by Gasteiger charge is -2.34. The summed E-state index contributed by atoms with van der Waals surface area (Å²) in [7, 11) is 1.38. The monoisotopic (exact) mass is 432 g/mol. The fourth-order valence-corrected chi connectivity index (χ4v) is 3.30. The van der Waals surface area contributed by atoms with E-state index in [4.69, 9.17) is 18.6 Å². The van der Waals surface area contributed by atoms with E-state index in [0.29, 0.717) is 5.56 Å². The van der Waals surface area contributed by atoms with E-state index in [1.807, 2.05) is 0 Å². The number of aliphatic hydroxyl groups excluding tert-OH is 3. The smallest absolute Gasteiger partial charge is 0.228 e. The maximum atomic E-state index is 12.6. The number of phenolic OH excluding ortho intramolecular Hbond substituents is 2. The summed E-state index contributed by atoms with van der Waals surface area (Å²) >= 11 is 0. The lowest BCUT2D eigenvalue weighted by molar-refractivity contribution is -0.242. The third-order valence-corrected chi connectivity index (χ3v) is 4.95. The molecule has 1 aromatic heterocycles. The summed E-state index contributed by atoms with van der Waals surface area (Å²) in [5, 5.41) is 49.3. The van der Waals surface area contributed by atoms with Crippen LogP contribution >= 0.6 is 0 Å². The van der Waals surface area contributed by atoms with Crippen molar-refractivity contribution in [3.05, 3.63) is 46.6 Å². The second-order valence-corrected chi connectivity index (χ2v) is 7.05. The molecule has 10 heteroatoms. The molecular formula is C21H20O10. The Morgan fingerprint density at radius 1 is 1.00 bits per heavy atom. The normalized spacial score (nSPS) is 23.6. The number of hydrogen-bond acceptors (Lipinski definition) is 10. The van der Waals surface area contributed by atoms with Gasteiger partial charge in [0.2, 0.25) is 6.29 Å². The average molecular weight is 432 g/mol. The van der Waals surface area contributed by atoms with Gasteiger partial charge in [-0.3, -0.25) is 4.79 Å². The Bertz CT molecular complexity index is 1170. The quantitative estimate of drug-likeness (QED) is 0.397. The molecule has 31 heavy (non-hydrogen) atoms. The molecule has 1 unspecified atom stereocenters. The molecule has 0 amide bonds. The van der Waals surface area contributed by atoms with Crippen LogP contribution in [-0.4, -0.2) is 63.9 Å². The molecular weight excluding hydrogens is 412 g/mol. The van der Waals surface area contributed by atoms with Gasteiger partial charge in [0.05, 0.1) is 13.7 Å². The zero-order valence-corrected chi connectivity index (χ0v) is 16.3. The number of methoxy groups -OCH3 is 1. The first-order valence-corrected chi connectivity index (χ1v) is 9.29. The van der Waals surface area contributed by atoms with Gasteiger partial charge < -0.3 is 44.2 Å². The molecule has 1 saturated heterocycles. The van der Waals surface area contributed by atoms with Crippen molar-refractivity contribution in [1.29, 1.82) is 0 Å². The fourth-order valence-electron chi connectivity index (χ4n) is 3.30. The third-order valence-electron chi connectivity index (χ3n) is 4.95. The zero-order valence-electron chi connectivity index (χ0n) is 16.3. The van der Waals surface area contributed by atoms with Gasteiger partial charge in [-0.05, 0) is 18.2 Å². The number of hydrogen-bond donors (Lipinski definition) is 5. The first kappa shape index (κ1) is 20.9. The number of ether oxygens (including phenoxy) is 3. The molecule has 4 rings (SSSR count). The Morgan fingerprint density at radius 2 is 1.77 bits per heavy atom. The second-order valence-electron chi connectivity index (χ2n) is 7.05. The Hall–Kier alpha value is -3.31. The van der Waals surface area contributed by atoms with Crippen LogP contribution in [-0.2, 0) is 4.74 Å². The molecule has 1 aliphatic heterocycles. The average Bonchev–Trinajstić information content (AvgIpc) is 2.74. The summed E-state index contributed by atoms with van der Waals surface area (Å²) < 4.78 is 21.5. The number of benzene rings is 2. The summed E-state index contributed by atoms with van der Waals surface area (Å²) in [5.41, 5.74) is -0.0714. The minimum Gasteiger partial charge on any atom is -0.507 e. The van der Waals surface area contributed by atoms with Crippen LogP contribution in [0, 0.1) is 0 Å². The molecule has 164 valence electrons. The van der Waals surface area contributed by atoms with Gasteiger partial charge in [0.1, 0.15) is 46.5 Å². The topological polar surface area (TPSA) is 159 Å². The zero-order chi connectivity index (χ0) is 22.3. The minimum atomic E-state index is -1.54. The summed E-state index contributed by atoms with van der Waals surface area (Å²) in [6, 6.07) is 8.07. The van der Waals surface area contributed by atoms with Gasteiger partial charge in [0.15, 0.2) is 16.9 Å². The molecule has 1 fully saturated rings. The van der Waals surface area contributed by atoms with Gasteiger partial charge in [0, 0.05) is 23.8 Å². The maximum absolute atomic E-state index is 12.6. The molecule has 1 aliphatic rings. The molecule has 0 saturated carbocycles. The molecule has 0 bridgehead atoms. The van der Waals surface area contributed by atoms with Crippen LogP contribution in [0.3, 0.4) is 0 Å². The highest BCUT2D eigenvalue weighted by atomic mass is 16.7. The van der Waals surface area contributed by atoms with Crippen molar-refractivity contribution in [2.24, 2.45) is 0 Å². The van der Waals surface area contributed by atoms with Crippen LogP contribution in [0.5, 0.6) is 23.0 Å². The summed E-state index contributed by atoms with van der Waals surface area (Å²) in [5.74, 6) is -0.159. The first-order valence-electron chi connectivity index (χ1n) is 9.29. The van der Waals surface area contributed by atoms with Crippen molar-refractivity contribution in [3.8, 4) is 34.3 Å². The van der Waals surface area contributed by atoms with E-state index in [1.165, 1.54) is 37.4 Å². The molecule has 0 aliphatic carbocycles. The van der Waals surface area contributed by atoms with Gasteiger partial charge in [-0.25, -0.2) is 0 Å². The summed E-state index contributed by atoms with van der Waals surface area (Å²) in [6.45, 7) is -0.260. The fraction of sp³-hybridized carbons (Fsp3) is 0.286. The number of fused-ring (bicyclic) bond motifs is 1. The van der Waals surface area contributed by atoms with Crippen LogP contribution in [0.2, 0.25) is 0 Å². The standard InChI is InChI=1S/C21H20O10/c1-28-16-4-9(2-3-11(16)22)15-7-13(24)18-12(23)5-10(6-17(18)31-15)30-21-20(27)19(26)14(25)8-29-21/h2-7,14,19-23,25-27H,8H2,1H3/t14-,19+,20?,21+/m1/s1. The van der Waals surface area contributed by atoms with Crippen LogP contribution < -0.4 is 14.9 Å². The van der Waals surface area contributed by atoms with E-state index < -0.39 is 35.8 Å². The number of rotatable bonds is 4. The highest BCUT2D eigenvalue weighted by Crippen LogP contribution is 2.35. The molecule has 0 radical (unpaired) electrons. The lowest BCUT2D eigenvalue weighted by Crippen LogP contribution is -2.54. The molecule has 2 aromatic carbocycles. The predicted molar refractivity (Wildman–Crippen MR) is 106 cm³/mol. The number of aromatic hydroxyl groups is 2. The Balaban J connectivity index is 1.73. The van der Waals surface area contributed by atoms with Crippen LogP contribution in [0.1, 0.15) is 0 Å². The van der Waals surface area contributed by atoms with Crippen LogP contribution in [0.15, 0.2) is 45.6 Å². The van der Waals surface area contributed by atoms with Crippen molar-refractivity contribution in [3.63, 3.8) is 0 Å². The van der Waals surface area contributed by atoms with E-state index in [-0.39, 0.29) is 40.6 Å². The first-order chi connectivity index (χ1) is 14.8. The number of phenols is 2. The Morgan fingerprint density at radius 3 is 2.52 bits per heavy atom. The van der Waals surface area contributed by atoms with Gasteiger partial charge in [-0.2, -0.15) is 0 Å². The highest BCUT2D eigenvalue weighted by molar-refractivity contribution is 5.86. The SMILES string of the molecule is COc1cc(-c2cc(=O)c3c(O)cc(O[C@@H]4OC[C@@H](O)[C@H](O)C4O)cc3o2)ccc1O. The summed E-state index contributed by atoms with van der Waals surface area (Å²) in [6.07, 6.45) is -5.58. The van der Waals surface area contributed by atoms with Crippen LogP contribution in [0.4, 0.5) is 0 Å².